The summed E-state index contributed by atoms with van der Waals surface area (Å²) in [5.74, 6) is 0.270. The van der Waals surface area contributed by atoms with Crippen LogP contribution in [0.3, 0.4) is 0 Å². The molecular formula is C23H36N2O3. The van der Waals surface area contributed by atoms with Crippen LogP contribution in [-0.4, -0.2) is 41.9 Å². The first kappa shape index (κ1) is 22.3. The van der Waals surface area contributed by atoms with E-state index in [0.717, 1.165) is 32.4 Å². The van der Waals surface area contributed by atoms with E-state index in [-0.39, 0.29) is 29.4 Å². The molecule has 1 heterocycles. The van der Waals surface area contributed by atoms with E-state index in [0.29, 0.717) is 11.3 Å². The molecule has 5 heteroatoms. The lowest BCUT2D eigenvalue weighted by Crippen LogP contribution is -2.46. The van der Waals surface area contributed by atoms with Gasteiger partial charge in [-0.05, 0) is 50.7 Å². The van der Waals surface area contributed by atoms with Crippen LogP contribution in [0.4, 0.5) is 0 Å². The summed E-state index contributed by atoms with van der Waals surface area (Å²) < 4.78 is 5.78. The molecule has 1 saturated heterocycles. The molecule has 2 amide bonds. The summed E-state index contributed by atoms with van der Waals surface area (Å²) in [5.41, 5.74) is 0.226. The van der Waals surface area contributed by atoms with Crippen LogP contribution in [-0.2, 0) is 4.79 Å². The highest BCUT2D eigenvalue weighted by molar-refractivity contribution is 5.97. The van der Waals surface area contributed by atoms with Crippen molar-refractivity contribution in [1.29, 1.82) is 0 Å². The van der Waals surface area contributed by atoms with Gasteiger partial charge in [0, 0.05) is 18.6 Å². The minimum Gasteiger partial charge on any atom is -0.483 e. The number of likely N-dealkylation sites (tertiary alicyclic amines) is 1. The third kappa shape index (κ3) is 7.17. The molecule has 0 bridgehead atoms. The summed E-state index contributed by atoms with van der Waals surface area (Å²) in [6, 6.07) is 7.13. The van der Waals surface area contributed by atoms with Crippen LogP contribution in [0.5, 0.6) is 5.75 Å². The van der Waals surface area contributed by atoms with E-state index in [4.69, 9.17) is 4.74 Å². The zero-order chi connectivity index (χ0) is 20.8. The van der Waals surface area contributed by atoms with Crippen LogP contribution < -0.4 is 10.1 Å². The Morgan fingerprint density at radius 3 is 2.21 bits per heavy atom. The number of nitrogens with one attached hydrogen (secondary N) is 1. The highest BCUT2D eigenvalue weighted by atomic mass is 16.5. The van der Waals surface area contributed by atoms with Crippen molar-refractivity contribution in [3.63, 3.8) is 0 Å². The van der Waals surface area contributed by atoms with E-state index in [2.05, 4.69) is 26.1 Å². The van der Waals surface area contributed by atoms with E-state index in [1.807, 2.05) is 30.9 Å². The summed E-state index contributed by atoms with van der Waals surface area (Å²) in [6.45, 7) is 12.1. The predicted octanol–water partition coefficient (Wildman–Crippen LogP) is 4.41. The van der Waals surface area contributed by atoms with Gasteiger partial charge in [-0.2, -0.15) is 0 Å². The first-order valence-electron chi connectivity index (χ1n) is 10.4. The Balaban J connectivity index is 2.01. The quantitative estimate of drug-likeness (QED) is 0.785. The molecule has 1 fully saturated rings. The molecule has 0 unspecified atom stereocenters. The fraction of sp³-hybridized carbons (Fsp3) is 0.652. The van der Waals surface area contributed by atoms with Gasteiger partial charge in [0.1, 0.15) is 5.75 Å². The van der Waals surface area contributed by atoms with E-state index in [1.54, 1.807) is 12.1 Å². The molecular weight excluding hydrogens is 352 g/mol. The van der Waals surface area contributed by atoms with Gasteiger partial charge in [-0.25, -0.2) is 0 Å². The SMILES string of the molecule is CC(C)(C)CC(C)(C)NC(=O)c1ccccc1OCC(=O)N1CCCCCC1. The van der Waals surface area contributed by atoms with Gasteiger partial charge in [-0.1, -0.05) is 45.7 Å². The Labute approximate surface area is 169 Å². The van der Waals surface area contributed by atoms with E-state index in [9.17, 15) is 9.59 Å². The molecule has 1 aliphatic heterocycles. The summed E-state index contributed by atoms with van der Waals surface area (Å²) in [5, 5.41) is 3.11. The molecule has 0 radical (unpaired) electrons. The molecule has 1 aromatic carbocycles. The lowest BCUT2D eigenvalue weighted by atomic mass is 9.81. The molecule has 28 heavy (non-hydrogen) atoms. The van der Waals surface area contributed by atoms with Crippen molar-refractivity contribution >= 4 is 11.8 Å². The number of rotatable bonds is 6. The number of benzene rings is 1. The summed E-state index contributed by atoms with van der Waals surface area (Å²) in [4.78, 5) is 27.2. The molecule has 0 aromatic heterocycles. The van der Waals surface area contributed by atoms with Crippen molar-refractivity contribution in [2.45, 2.75) is 72.3 Å². The number of para-hydroxylation sites is 1. The Morgan fingerprint density at radius 1 is 1.00 bits per heavy atom. The third-order valence-corrected chi connectivity index (χ3v) is 4.87. The van der Waals surface area contributed by atoms with Crippen LogP contribution in [0, 0.1) is 5.41 Å². The van der Waals surface area contributed by atoms with Gasteiger partial charge in [-0.3, -0.25) is 9.59 Å². The van der Waals surface area contributed by atoms with Crippen LogP contribution in [0.15, 0.2) is 24.3 Å². The number of amides is 2. The normalized spacial score (nSPS) is 15.7. The Hall–Kier alpha value is -2.04. The van der Waals surface area contributed by atoms with Crippen LogP contribution >= 0.6 is 0 Å². The van der Waals surface area contributed by atoms with Crippen LogP contribution in [0.2, 0.25) is 0 Å². The van der Waals surface area contributed by atoms with Crippen molar-refractivity contribution in [2.24, 2.45) is 5.41 Å². The maximum atomic E-state index is 12.9. The van der Waals surface area contributed by atoms with Gasteiger partial charge in [0.05, 0.1) is 5.56 Å². The first-order valence-corrected chi connectivity index (χ1v) is 10.4. The largest absolute Gasteiger partial charge is 0.483 e. The van der Waals surface area contributed by atoms with E-state index >= 15 is 0 Å². The Bertz CT molecular complexity index is 669. The molecule has 1 aliphatic rings. The molecule has 5 nitrogen and oxygen atoms in total. The average molecular weight is 389 g/mol. The maximum absolute atomic E-state index is 12.9. The van der Waals surface area contributed by atoms with E-state index < -0.39 is 0 Å². The molecule has 1 N–H and O–H groups in total. The zero-order valence-corrected chi connectivity index (χ0v) is 18.1. The Morgan fingerprint density at radius 2 is 1.61 bits per heavy atom. The summed E-state index contributed by atoms with van der Waals surface area (Å²) in [7, 11) is 0. The molecule has 0 aliphatic carbocycles. The lowest BCUT2D eigenvalue weighted by Gasteiger charge is -2.33. The minimum absolute atomic E-state index is 0.00910. The summed E-state index contributed by atoms with van der Waals surface area (Å²) in [6.07, 6.45) is 5.30. The van der Waals surface area contributed by atoms with Gasteiger partial charge in [0.15, 0.2) is 6.61 Å². The molecule has 156 valence electrons. The first-order chi connectivity index (χ1) is 13.1. The van der Waals surface area contributed by atoms with Gasteiger partial charge in [0.25, 0.3) is 11.8 Å². The number of ether oxygens (including phenoxy) is 1. The molecule has 0 atom stereocenters. The smallest absolute Gasteiger partial charge is 0.260 e. The maximum Gasteiger partial charge on any atom is 0.260 e. The van der Waals surface area contributed by atoms with Crippen molar-refractivity contribution in [1.82, 2.24) is 10.2 Å². The second kappa shape index (κ2) is 9.44. The van der Waals surface area contributed by atoms with Crippen LogP contribution in [0.25, 0.3) is 0 Å². The van der Waals surface area contributed by atoms with Crippen molar-refractivity contribution in [3.05, 3.63) is 29.8 Å². The van der Waals surface area contributed by atoms with Gasteiger partial charge < -0.3 is 15.0 Å². The molecule has 0 saturated carbocycles. The second-order valence-electron chi connectivity index (χ2n) is 9.66. The Kier molecular flexibility index (Phi) is 7.50. The second-order valence-corrected chi connectivity index (χ2v) is 9.66. The lowest BCUT2D eigenvalue weighted by molar-refractivity contribution is -0.133. The van der Waals surface area contributed by atoms with Gasteiger partial charge in [-0.15, -0.1) is 0 Å². The van der Waals surface area contributed by atoms with Gasteiger partial charge in [0.2, 0.25) is 0 Å². The molecule has 0 spiro atoms. The number of hydrogen-bond donors (Lipinski definition) is 1. The number of hydrogen-bond acceptors (Lipinski definition) is 3. The minimum atomic E-state index is -0.343. The van der Waals surface area contributed by atoms with E-state index in [1.165, 1.54) is 12.8 Å². The fourth-order valence-corrected chi connectivity index (χ4v) is 4.08. The predicted molar refractivity (Wildman–Crippen MR) is 113 cm³/mol. The molecule has 1 aromatic rings. The topological polar surface area (TPSA) is 58.6 Å². The van der Waals surface area contributed by atoms with Crippen LogP contribution in [0.1, 0.15) is 77.1 Å². The third-order valence-electron chi connectivity index (χ3n) is 4.87. The average Bonchev–Trinajstić information content (AvgIpc) is 2.86. The van der Waals surface area contributed by atoms with Gasteiger partial charge >= 0.3 is 0 Å². The highest BCUT2D eigenvalue weighted by Gasteiger charge is 2.28. The number of nitrogens with zero attached hydrogens (tertiary/aromatic N) is 1. The fourth-order valence-electron chi connectivity index (χ4n) is 4.08. The highest BCUT2D eigenvalue weighted by Crippen LogP contribution is 2.28. The van der Waals surface area contributed by atoms with Crippen molar-refractivity contribution < 1.29 is 14.3 Å². The number of carbonyl (C=O) groups is 2. The number of carbonyl (C=O) groups excluding carboxylic acids is 2. The summed E-state index contributed by atoms with van der Waals surface area (Å²) >= 11 is 0. The monoisotopic (exact) mass is 388 g/mol. The standard InChI is InChI=1S/C23H36N2O3/c1-22(2,3)17-23(4,5)24-21(27)18-12-8-9-13-19(18)28-16-20(26)25-14-10-6-7-11-15-25/h8-9,12-13H,6-7,10-11,14-17H2,1-5H3,(H,24,27). The zero-order valence-electron chi connectivity index (χ0n) is 18.1. The van der Waals surface area contributed by atoms with Crippen molar-refractivity contribution in [2.75, 3.05) is 19.7 Å². The van der Waals surface area contributed by atoms with Crippen molar-refractivity contribution in [3.8, 4) is 5.75 Å². The molecule has 2 rings (SSSR count).